The zero-order valence-electron chi connectivity index (χ0n) is 8.19. The van der Waals surface area contributed by atoms with Gasteiger partial charge in [0, 0.05) is 23.7 Å². The highest BCUT2D eigenvalue weighted by atomic mass is 35.5. The molecular weight excluding hydrogens is 214 g/mol. The Bertz CT molecular complexity index is 381. The van der Waals surface area contributed by atoms with Crippen LogP contribution >= 0.6 is 11.6 Å². The molecule has 1 N–H and O–H groups in total. The molecule has 1 atom stereocenters. The molecule has 1 saturated heterocycles. The second-order valence-corrected chi connectivity index (χ2v) is 4.14. The van der Waals surface area contributed by atoms with Crippen LogP contribution in [0.15, 0.2) is 24.3 Å². The number of benzene rings is 1. The molecule has 0 aromatic heterocycles. The minimum atomic E-state index is -0.381. The number of aliphatic hydroxyl groups excluding tert-OH is 1. The maximum atomic E-state index is 11.9. The van der Waals surface area contributed by atoms with Gasteiger partial charge < -0.3 is 10.0 Å². The summed E-state index contributed by atoms with van der Waals surface area (Å²) in [6.45, 7) is 1.04. The van der Waals surface area contributed by atoms with Gasteiger partial charge in [-0.2, -0.15) is 0 Å². The summed E-state index contributed by atoms with van der Waals surface area (Å²) in [5.41, 5.74) is 0.580. The van der Waals surface area contributed by atoms with E-state index in [4.69, 9.17) is 11.6 Å². The quantitative estimate of drug-likeness (QED) is 0.788. The first-order chi connectivity index (χ1) is 7.16. The fraction of sp³-hybridized carbons (Fsp3) is 0.364. The van der Waals surface area contributed by atoms with Gasteiger partial charge in [-0.3, -0.25) is 4.79 Å². The first-order valence-corrected chi connectivity index (χ1v) is 5.27. The van der Waals surface area contributed by atoms with Crippen molar-refractivity contribution < 1.29 is 9.90 Å². The molecule has 1 heterocycles. The van der Waals surface area contributed by atoms with Gasteiger partial charge in [0.05, 0.1) is 6.10 Å². The Morgan fingerprint density at radius 3 is 2.93 bits per heavy atom. The molecule has 80 valence electrons. The lowest BCUT2D eigenvalue weighted by molar-refractivity contribution is 0.0765. The first kappa shape index (κ1) is 10.5. The molecule has 0 spiro atoms. The van der Waals surface area contributed by atoms with Crippen molar-refractivity contribution in [2.45, 2.75) is 12.5 Å². The number of rotatable bonds is 1. The Labute approximate surface area is 93.3 Å². The zero-order valence-corrected chi connectivity index (χ0v) is 8.94. The van der Waals surface area contributed by atoms with Crippen molar-refractivity contribution in [3.05, 3.63) is 34.9 Å². The van der Waals surface area contributed by atoms with E-state index in [9.17, 15) is 9.90 Å². The topological polar surface area (TPSA) is 40.5 Å². The van der Waals surface area contributed by atoms with Crippen molar-refractivity contribution in [1.29, 1.82) is 0 Å². The smallest absolute Gasteiger partial charge is 0.253 e. The van der Waals surface area contributed by atoms with Gasteiger partial charge >= 0.3 is 0 Å². The Balaban J connectivity index is 2.14. The number of likely N-dealkylation sites (tertiary alicyclic amines) is 1. The van der Waals surface area contributed by atoms with Crippen molar-refractivity contribution in [2.24, 2.45) is 0 Å². The lowest BCUT2D eigenvalue weighted by atomic mass is 10.2. The number of carbonyl (C=O) groups is 1. The van der Waals surface area contributed by atoms with Crippen molar-refractivity contribution in [1.82, 2.24) is 4.90 Å². The van der Waals surface area contributed by atoms with E-state index in [1.54, 1.807) is 29.2 Å². The molecule has 0 unspecified atom stereocenters. The second kappa shape index (κ2) is 4.21. The van der Waals surface area contributed by atoms with Crippen LogP contribution in [0.4, 0.5) is 0 Å². The maximum Gasteiger partial charge on any atom is 0.253 e. The Kier molecular flexibility index (Phi) is 2.93. The molecule has 1 aliphatic rings. The highest BCUT2D eigenvalue weighted by Gasteiger charge is 2.25. The Morgan fingerprint density at radius 2 is 2.33 bits per heavy atom. The third kappa shape index (κ3) is 2.30. The summed E-state index contributed by atoms with van der Waals surface area (Å²) >= 11 is 5.80. The summed E-state index contributed by atoms with van der Waals surface area (Å²) in [6.07, 6.45) is 0.278. The summed E-state index contributed by atoms with van der Waals surface area (Å²) in [7, 11) is 0. The van der Waals surface area contributed by atoms with Gasteiger partial charge in [0.1, 0.15) is 0 Å². The minimum Gasteiger partial charge on any atom is -0.391 e. The van der Waals surface area contributed by atoms with Crippen LogP contribution < -0.4 is 0 Å². The number of aliphatic hydroxyl groups is 1. The Morgan fingerprint density at radius 1 is 1.53 bits per heavy atom. The van der Waals surface area contributed by atoms with Gasteiger partial charge in [0.15, 0.2) is 0 Å². The van der Waals surface area contributed by atoms with E-state index in [1.165, 1.54) is 0 Å². The number of halogens is 1. The molecule has 1 aromatic rings. The average Bonchev–Trinajstić information content (AvgIpc) is 2.64. The van der Waals surface area contributed by atoms with Gasteiger partial charge in [-0.05, 0) is 24.6 Å². The fourth-order valence-corrected chi connectivity index (χ4v) is 1.92. The standard InChI is InChI=1S/C11H12ClNO2/c12-9-3-1-2-8(6-9)11(15)13-5-4-10(14)7-13/h1-3,6,10,14H,4-5,7H2/t10-/m0/s1. The molecule has 2 rings (SSSR count). The van der Waals surface area contributed by atoms with E-state index < -0.39 is 0 Å². The van der Waals surface area contributed by atoms with Crippen LogP contribution in [-0.4, -0.2) is 35.1 Å². The molecule has 0 aliphatic carbocycles. The number of hydrogen-bond acceptors (Lipinski definition) is 2. The van der Waals surface area contributed by atoms with Gasteiger partial charge in [0.2, 0.25) is 0 Å². The molecule has 0 bridgehead atoms. The lowest BCUT2D eigenvalue weighted by Crippen LogP contribution is -2.29. The Hall–Kier alpha value is -1.06. The maximum absolute atomic E-state index is 11.9. The molecule has 0 saturated carbocycles. The van der Waals surface area contributed by atoms with E-state index in [1.807, 2.05) is 0 Å². The van der Waals surface area contributed by atoms with Gasteiger partial charge in [0.25, 0.3) is 5.91 Å². The van der Waals surface area contributed by atoms with E-state index in [-0.39, 0.29) is 12.0 Å². The van der Waals surface area contributed by atoms with Crippen molar-refractivity contribution >= 4 is 17.5 Å². The lowest BCUT2D eigenvalue weighted by Gasteiger charge is -2.15. The number of carbonyl (C=O) groups excluding carboxylic acids is 1. The summed E-state index contributed by atoms with van der Waals surface area (Å²) in [5, 5.41) is 9.89. The number of β-amino-alcohol motifs (C(OH)–C–C–N with tert-alkyl or cyclic N) is 1. The summed E-state index contributed by atoms with van der Waals surface area (Å²) in [5.74, 6) is -0.0611. The molecule has 0 radical (unpaired) electrons. The average molecular weight is 226 g/mol. The largest absolute Gasteiger partial charge is 0.391 e. The number of amides is 1. The van der Waals surface area contributed by atoms with Crippen LogP contribution in [0, 0.1) is 0 Å². The summed E-state index contributed by atoms with van der Waals surface area (Å²) in [4.78, 5) is 13.6. The van der Waals surface area contributed by atoms with Crippen LogP contribution in [0.5, 0.6) is 0 Å². The normalized spacial score (nSPS) is 20.7. The second-order valence-electron chi connectivity index (χ2n) is 3.70. The number of hydrogen-bond donors (Lipinski definition) is 1. The summed E-state index contributed by atoms with van der Waals surface area (Å²) < 4.78 is 0. The van der Waals surface area contributed by atoms with E-state index in [2.05, 4.69) is 0 Å². The monoisotopic (exact) mass is 225 g/mol. The molecular formula is C11H12ClNO2. The van der Waals surface area contributed by atoms with Gasteiger partial charge in [-0.15, -0.1) is 0 Å². The molecule has 1 aliphatic heterocycles. The zero-order chi connectivity index (χ0) is 10.8. The van der Waals surface area contributed by atoms with E-state index in [0.717, 1.165) is 0 Å². The first-order valence-electron chi connectivity index (χ1n) is 4.90. The fourth-order valence-electron chi connectivity index (χ4n) is 1.73. The molecule has 1 amide bonds. The van der Waals surface area contributed by atoms with Crippen LogP contribution in [0.1, 0.15) is 16.8 Å². The minimum absolute atomic E-state index is 0.0611. The van der Waals surface area contributed by atoms with Gasteiger partial charge in [-0.1, -0.05) is 17.7 Å². The highest BCUT2D eigenvalue weighted by Crippen LogP contribution is 2.16. The van der Waals surface area contributed by atoms with Crippen molar-refractivity contribution in [2.75, 3.05) is 13.1 Å². The van der Waals surface area contributed by atoms with Crippen molar-refractivity contribution in [3.8, 4) is 0 Å². The van der Waals surface area contributed by atoms with Crippen LogP contribution in [0.2, 0.25) is 5.02 Å². The van der Waals surface area contributed by atoms with Crippen LogP contribution in [0.25, 0.3) is 0 Å². The highest BCUT2D eigenvalue weighted by molar-refractivity contribution is 6.30. The third-order valence-electron chi connectivity index (χ3n) is 2.52. The van der Waals surface area contributed by atoms with Gasteiger partial charge in [-0.25, -0.2) is 0 Å². The van der Waals surface area contributed by atoms with E-state index >= 15 is 0 Å². The molecule has 3 nitrogen and oxygen atoms in total. The predicted octanol–water partition coefficient (Wildman–Crippen LogP) is 1.55. The van der Waals surface area contributed by atoms with Crippen LogP contribution in [0.3, 0.4) is 0 Å². The van der Waals surface area contributed by atoms with E-state index in [0.29, 0.717) is 30.1 Å². The third-order valence-corrected chi connectivity index (χ3v) is 2.76. The molecule has 4 heteroatoms. The molecule has 1 fully saturated rings. The predicted molar refractivity (Wildman–Crippen MR) is 58.0 cm³/mol. The number of nitrogens with zero attached hydrogens (tertiary/aromatic N) is 1. The SMILES string of the molecule is O=C(c1cccc(Cl)c1)N1CC[C@H](O)C1. The van der Waals surface area contributed by atoms with Crippen LogP contribution in [-0.2, 0) is 0 Å². The molecule has 1 aromatic carbocycles. The molecule has 15 heavy (non-hydrogen) atoms. The summed E-state index contributed by atoms with van der Waals surface area (Å²) in [6, 6.07) is 6.87. The van der Waals surface area contributed by atoms with Crippen molar-refractivity contribution in [3.63, 3.8) is 0 Å².